The molecule has 0 saturated carbocycles. The number of hydrogen-bond donors (Lipinski definition) is 0. The third-order valence-corrected chi connectivity index (χ3v) is 6.04. The molecule has 1 aromatic carbocycles. The van der Waals surface area contributed by atoms with Gasteiger partial charge in [-0.15, -0.1) is 0 Å². The van der Waals surface area contributed by atoms with Crippen molar-refractivity contribution in [2.75, 3.05) is 19.8 Å². The average Bonchev–Trinajstić information content (AvgIpc) is 3.51. The lowest BCUT2D eigenvalue weighted by Crippen LogP contribution is -2.05. The van der Waals surface area contributed by atoms with E-state index in [-0.39, 0.29) is 5.78 Å². The van der Waals surface area contributed by atoms with Gasteiger partial charge in [0.2, 0.25) is 5.88 Å². The third-order valence-electron chi connectivity index (χ3n) is 6.04. The number of aryl methyl sites for hydroxylation is 1. The fraction of sp³-hybridized carbons (Fsp3) is 0.500. The summed E-state index contributed by atoms with van der Waals surface area (Å²) in [5, 5.41) is 5.10. The van der Waals surface area contributed by atoms with Crippen LogP contribution in [0.2, 0.25) is 0 Å². The van der Waals surface area contributed by atoms with Gasteiger partial charge in [0, 0.05) is 43.6 Å². The van der Waals surface area contributed by atoms with Gasteiger partial charge in [0.15, 0.2) is 5.78 Å². The number of carbonyl (C=O) groups excluding carboxylic acids is 1. The predicted octanol–water partition coefficient (Wildman–Crippen LogP) is 5.79. The molecule has 0 N–H and O–H groups in total. The zero-order chi connectivity index (χ0) is 22.0. The van der Waals surface area contributed by atoms with E-state index in [0.29, 0.717) is 30.5 Å². The minimum Gasteiger partial charge on any atom is -0.478 e. The summed E-state index contributed by atoms with van der Waals surface area (Å²) in [6, 6.07) is 13.9. The first-order valence-corrected chi connectivity index (χ1v) is 11.8. The molecule has 0 aliphatic carbocycles. The van der Waals surface area contributed by atoms with Crippen LogP contribution < -0.4 is 4.74 Å². The second kappa shape index (κ2) is 11.8. The number of Topliss-reactive ketones (excluding diaryl/α,β-unsaturated/α-hetero) is 1. The van der Waals surface area contributed by atoms with Crippen LogP contribution in [-0.2, 0) is 11.2 Å². The average molecular weight is 437 g/mol. The number of para-hydroxylation sites is 1. The topological polar surface area (TPSA) is 74.5 Å². The maximum atomic E-state index is 12.3. The van der Waals surface area contributed by atoms with Crippen LogP contribution in [0, 0.1) is 5.92 Å². The standard InChI is InChI=1S/C26H32N2O4/c29-25(13-11-20-15-17-30-19-20)24-18-22(32-28-24)9-4-2-1-3-7-16-31-26-14-12-21-8-5-6-10-23(21)27-26/h5-6,8,10,12,14,18,20H,1-4,7,9,11,13,15-17,19H2. The van der Waals surface area contributed by atoms with Crippen LogP contribution in [0.3, 0.4) is 0 Å². The highest BCUT2D eigenvalue weighted by atomic mass is 16.5. The van der Waals surface area contributed by atoms with Crippen molar-refractivity contribution in [1.82, 2.24) is 10.1 Å². The van der Waals surface area contributed by atoms with Gasteiger partial charge in [0.05, 0.1) is 12.1 Å². The molecule has 0 amide bonds. The summed E-state index contributed by atoms with van der Waals surface area (Å²) in [7, 11) is 0. The van der Waals surface area contributed by atoms with Crippen LogP contribution in [0.4, 0.5) is 0 Å². The van der Waals surface area contributed by atoms with Crippen molar-refractivity contribution in [3.8, 4) is 5.88 Å². The Balaban J connectivity index is 1.05. The van der Waals surface area contributed by atoms with E-state index in [0.717, 1.165) is 81.2 Å². The van der Waals surface area contributed by atoms with E-state index >= 15 is 0 Å². The predicted molar refractivity (Wildman–Crippen MR) is 123 cm³/mol. The lowest BCUT2D eigenvalue weighted by atomic mass is 10.00. The number of fused-ring (bicyclic) bond motifs is 1. The van der Waals surface area contributed by atoms with Gasteiger partial charge in [0.25, 0.3) is 0 Å². The summed E-state index contributed by atoms with van der Waals surface area (Å²) in [5.41, 5.74) is 1.43. The van der Waals surface area contributed by atoms with Crippen molar-refractivity contribution in [2.24, 2.45) is 5.92 Å². The van der Waals surface area contributed by atoms with Crippen molar-refractivity contribution >= 4 is 16.7 Å². The Bertz CT molecular complexity index is 994. The molecule has 1 aliphatic rings. The van der Waals surface area contributed by atoms with E-state index in [2.05, 4.69) is 16.2 Å². The summed E-state index contributed by atoms with van der Waals surface area (Å²) in [4.78, 5) is 16.8. The normalized spacial score (nSPS) is 15.9. The number of rotatable bonds is 13. The Hall–Kier alpha value is -2.73. The zero-order valence-corrected chi connectivity index (χ0v) is 18.6. The van der Waals surface area contributed by atoms with Crippen LogP contribution >= 0.6 is 0 Å². The lowest BCUT2D eigenvalue weighted by Gasteiger charge is -2.06. The smallest absolute Gasteiger partial charge is 0.213 e. The number of pyridine rings is 1. The largest absolute Gasteiger partial charge is 0.478 e. The van der Waals surface area contributed by atoms with Crippen LogP contribution in [-0.4, -0.2) is 35.7 Å². The summed E-state index contributed by atoms with van der Waals surface area (Å²) in [5.74, 6) is 2.09. The molecule has 6 nitrogen and oxygen atoms in total. The van der Waals surface area contributed by atoms with Gasteiger partial charge >= 0.3 is 0 Å². The summed E-state index contributed by atoms with van der Waals surface area (Å²) in [6.45, 7) is 2.29. The molecule has 32 heavy (non-hydrogen) atoms. The number of unbranched alkanes of at least 4 members (excludes halogenated alkanes) is 4. The molecule has 0 radical (unpaired) electrons. The van der Waals surface area contributed by atoms with Crippen molar-refractivity contribution in [2.45, 2.75) is 57.8 Å². The molecule has 6 heteroatoms. The van der Waals surface area contributed by atoms with Gasteiger partial charge in [-0.2, -0.15) is 0 Å². The Morgan fingerprint density at radius 3 is 2.84 bits per heavy atom. The van der Waals surface area contributed by atoms with Crippen LogP contribution in [0.5, 0.6) is 5.88 Å². The number of ether oxygens (including phenoxy) is 2. The SMILES string of the molecule is O=C(CCC1CCOC1)c1cc(CCCCCCCOc2ccc3ccccc3n2)on1. The molecule has 170 valence electrons. The molecule has 3 heterocycles. The van der Waals surface area contributed by atoms with E-state index in [9.17, 15) is 4.79 Å². The minimum absolute atomic E-state index is 0.0767. The maximum absolute atomic E-state index is 12.3. The second-order valence-corrected chi connectivity index (χ2v) is 8.58. The van der Waals surface area contributed by atoms with Gasteiger partial charge in [-0.05, 0) is 43.7 Å². The van der Waals surface area contributed by atoms with Gasteiger partial charge in [-0.3, -0.25) is 4.79 Å². The first-order valence-electron chi connectivity index (χ1n) is 11.8. The fourth-order valence-electron chi connectivity index (χ4n) is 4.07. The summed E-state index contributed by atoms with van der Waals surface area (Å²) in [6.07, 6.45) is 8.74. The van der Waals surface area contributed by atoms with E-state index in [1.54, 1.807) is 0 Å². The molecule has 0 spiro atoms. The Kier molecular flexibility index (Phi) is 8.26. The molecule has 1 unspecified atom stereocenters. The summed E-state index contributed by atoms with van der Waals surface area (Å²) >= 11 is 0. The van der Waals surface area contributed by atoms with Gasteiger partial charge < -0.3 is 14.0 Å². The molecule has 1 saturated heterocycles. The fourth-order valence-corrected chi connectivity index (χ4v) is 4.07. The highest BCUT2D eigenvalue weighted by Crippen LogP contribution is 2.20. The van der Waals surface area contributed by atoms with Crippen molar-refractivity contribution in [1.29, 1.82) is 0 Å². The third kappa shape index (κ3) is 6.63. The van der Waals surface area contributed by atoms with Gasteiger partial charge in [0.1, 0.15) is 11.5 Å². The molecule has 2 aromatic heterocycles. The monoisotopic (exact) mass is 436 g/mol. The zero-order valence-electron chi connectivity index (χ0n) is 18.6. The minimum atomic E-state index is 0.0767. The number of nitrogens with zero attached hydrogens (tertiary/aromatic N) is 2. The van der Waals surface area contributed by atoms with E-state index in [1.807, 2.05) is 36.4 Å². The van der Waals surface area contributed by atoms with Crippen molar-refractivity contribution in [3.05, 3.63) is 53.9 Å². The van der Waals surface area contributed by atoms with Crippen molar-refractivity contribution < 1.29 is 18.8 Å². The maximum Gasteiger partial charge on any atom is 0.213 e. The first kappa shape index (κ1) is 22.5. The number of benzene rings is 1. The number of hydrogen-bond acceptors (Lipinski definition) is 6. The quantitative estimate of drug-likeness (QED) is 0.249. The Labute approximate surface area is 189 Å². The highest BCUT2D eigenvalue weighted by molar-refractivity contribution is 5.94. The molecule has 1 aliphatic heterocycles. The van der Waals surface area contributed by atoms with E-state index in [1.165, 1.54) is 0 Å². The molecule has 1 atom stereocenters. The lowest BCUT2D eigenvalue weighted by molar-refractivity contribution is 0.0962. The van der Waals surface area contributed by atoms with Crippen LogP contribution in [0.15, 0.2) is 47.0 Å². The van der Waals surface area contributed by atoms with Crippen LogP contribution in [0.1, 0.15) is 67.6 Å². The molecular weight excluding hydrogens is 404 g/mol. The van der Waals surface area contributed by atoms with Crippen molar-refractivity contribution in [3.63, 3.8) is 0 Å². The van der Waals surface area contributed by atoms with E-state index in [4.69, 9.17) is 14.0 Å². The Morgan fingerprint density at radius 1 is 1.06 bits per heavy atom. The van der Waals surface area contributed by atoms with Crippen LogP contribution in [0.25, 0.3) is 10.9 Å². The van der Waals surface area contributed by atoms with E-state index < -0.39 is 0 Å². The number of carbonyl (C=O) groups is 1. The number of ketones is 1. The molecular formula is C26H32N2O4. The molecule has 3 aromatic rings. The molecule has 1 fully saturated rings. The van der Waals surface area contributed by atoms with Gasteiger partial charge in [-0.25, -0.2) is 4.98 Å². The molecule has 4 rings (SSSR count). The number of aromatic nitrogens is 2. The molecule has 0 bridgehead atoms. The summed E-state index contributed by atoms with van der Waals surface area (Å²) < 4.78 is 16.5. The first-order chi connectivity index (χ1) is 15.8. The second-order valence-electron chi connectivity index (χ2n) is 8.58. The highest BCUT2D eigenvalue weighted by Gasteiger charge is 2.19. The Morgan fingerprint density at radius 2 is 1.94 bits per heavy atom. The van der Waals surface area contributed by atoms with Gasteiger partial charge in [-0.1, -0.05) is 42.6 Å².